The second-order valence-corrected chi connectivity index (χ2v) is 5.58. The molecule has 118 valence electrons. The minimum Gasteiger partial charge on any atom is -0.493 e. The van der Waals surface area contributed by atoms with Crippen molar-refractivity contribution >= 4 is 21.8 Å². The summed E-state index contributed by atoms with van der Waals surface area (Å²) in [4.78, 5) is 11.5. The van der Waals surface area contributed by atoms with Crippen LogP contribution in [0.1, 0.15) is 25.8 Å². The fourth-order valence-electron chi connectivity index (χ4n) is 1.86. The number of hydrogen-bond acceptors (Lipinski definition) is 4. The van der Waals surface area contributed by atoms with Crippen LogP contribution in [0.2, 0.25) is 0 Å². The molecule has 1 aromatic rings. The summed E-state index contributed by atoms with van der Waals surface area (Å²) in [5.74, 6) is 0.952. The maximum absolute atomic E-state index is 11.5. The Kier molecular flexibility index (Phi) is 7.53. The van der Waals surface area contributed by atoms with Crippen molar-refractivity contribution in [2.75, 3.05) is 20.3 Å². The smallest absolute Gasteiger partial charge is 0.257 e. The molecule has 1 amide bonds. The molecule has 0 heterocycles. The van der Waals surface area contributed by atoms with E-state index in [1.807, 2.05) is 19.1 Å². The van der Waals surface area contributed by atoms with Crippen molar-refractivity contribution in [3.05, 3.63) is 22.2 Å². The van der Waals surface area contributed by atoms with Crippen LogP contribution in [0.25, 0.3) is 0 Å². The number of nitrogens with two attached hydrogens (primary N) is 1. The number of carbonyl (C=O) groups is 1. The lowest BCUT2D eigenvalue weighted by Gasteiger charge is -2.15. The Morgan fingerprint density at radius 2 is 2.14 bits per heavy atom. The van der Waals surface area contributed by atoms with E-state index >= 15 is 0 Å². The van der Waals surface area contributed by atoms with Gasteiger partial charge in [-0.25, -0.2) is 0 Å². The van der Waals surface area contributed by atoms with Gasteiger partial charge in [-0.05, 0) is 53.4 Å². The van der Waals surface area contributed by atoms with Crippen LogP contribution in [0.4, 0.5) is 0 Å². The Morgan fingerprint density at radius 1 is 1.43 bits per heavy atom. The first kappa shape index (κ1) is 17.8. The second-order valence-electron chi connectivity index (χ2n) is 4.72. The van der Waals surface area contributed by atoms with E-state index in [-0.39, 0.29) is 18.6 Å². The standard InChI is InChI=1S/C15H23BrN2O3/c1-4-11(17)6-10-7-12(16)15(13(8-10)20-3)21-9-14(19)18-5-2/h7-8,11H,4-6,9,17H2,1-3H3,(H,18,19). The fourth-order valence-corrected chi connectivity index (χ4v) is 2.47. The average molecular weight is 359 g/mol. The quantitative estimate of drug-likeness (QED) is 0.747. The van der Waals surface area contributed by atoms with Gasteiger partial charge in [-0.15, -0.1) is 0 Å². The molecule has 0 radical (unpaired) electrons. The summed E-state index contributed by atoms with van der Waals surface area (Å²) < 4.78 is 11.6. The Labute approximate surface area is 134 Å². The van der Waals surface area contributed by atoms with Crippen LogP contribution in [-0.4, -0.2) is 32.2 Å². The molecule has 0 aromatic heterocycles. The van der Waals surface area contributed by atoms with E-state index in [4.69, 9.17) is 15.2 Å². The third-order valence-electron chi connectivity index (χ3n) is 3.03. The molecule has 0 fully saturated rings. The van der Waals surface area contributed by atoms with E-state index in [1.165, 1.54) is 0 Å². The van der Waals surface area contributed by atoms with E-state index in [0.29, 0.717) is 18.0 Å². The fraction of sp³-hybridized carbons (Fsp3) is 0.533. The van der Waals surface area contributed by atoms with Gasteiger partial charge in [-0.2, -0.15) is 0 Å². The first-order valence-electron chi connectivity index (χ1n) is 7.03. The Bertz CT molecular complexity index is 480. The van der Waals surface area contributed by atoms with Gasteiger partial charge in [0, 0.05) is 12.6 Å². The molecule has 6 heteroatoms. The first-order chi connectivity index (χ1) is 10.0. The summed E-state index contributed by atoms with van der Waals surface area (Å²) >= 11 is 3.46. The molecule has 1 aromatic carbocycles. The summed E-state index contributed by atoms with van der Waals surface area (Å²) in [5.41, 5.74) is 7.04. The van der Waals surface area contributed by atoms with E-state index in [2.05, 4.69) is 28.2 Å². The van der Waals surface area contributed by atoms with Crippen molar-refractivity contribution < 1.29 is 14.3 Å². The highest BCUT2D eigenvalue weighted by Gasteiger charge is 2.14. The number of benzene rings is 1. The molecule has 0 saturated carbocycles. The average Bonchev–Trinajstić information content (AvgIpc) is 2.45. The highest BCUT2D eigenvalue weighted by atomic mass is 79.9. The lowest BCUT2D eigenvalue weighted by Crippen LogP contribution is -2.28. The van der Waals surface area contributed by atoms with Gasteiger partial charge in [0.15, 0.2) is 18.1 Å². The van der Waals surface area contributed by atoms with Crippen molar-refractivity contribution in [3.63, 3.8) is 0 Å². The number of nitrogens with one attached hydrogen (secondary N) is 1. The third-order valence-corrected chi connectivity index (χ3v) is 3.62. The van der Waals surface area contributed by atoms with Crippen LogP contribution in [0.5, 0.6) is 11.5 Å². The zero-order valence-electron chi connectivity index (χ0n) is 12.7. The number of methoxy groups -OCH3 is 1. The van der Waals surface area contributed by atoms with Gasteiger partial charge in [-0.3, -0.25) is 4.79 Å². The number of halogens is 1. The molecule has 1 unspecified atom stereocenters. The maximum atomic E-state index is 11.5. The normalized spacial score (nSPS) is 11.9. The maximum Gasteiger partial charge on any atom is 0.257 e. The molecule has 0 aliphatic heterocycles. The van der Waals surface area contributed by atoms with Crippen molar-refractivity contribution in [1.29, 1.82) is 0 Å². The number of rotatable bonds is 8. The number of carbonyl (C=O) groups excluding carboxylic acids is 1. The van der Waals surface area contributed by atoms with Crippen LogP contribution in [-0.2, 0) is 11.2 Å². The molecule has 0 spiro atoms. The summed E-state index contributed by atoms with van der Waals surface area (Å²) in [7, 11) is 1.57. The minimum absolute atomic E-state index is 0.0450. The van der Waals surface area contributed by atoms with Gasteiger partial charge in [0.1, 0.15) is 0 Å². The summed E-state index contributed by atoms with van der Waals surface area (Å²) in [6, 6.07) is 3.96. The van der Waals surface area contributed by atoms with Crippen molar-refractivity contribution in [2.45, 2.75) is 32.7 Å². The molecule has 3 N–H and O–H groups in total. The molecule has 1 atom stereocenters. The first-order valence-corrected chi connectivity index (χ1v) is 7.82. The largest absolute Gasteiger partial charge is 0.493 e. The number of hydrogen-bond donors (Lipinski definition) is 2. The van der Waals surface area contributed by atoms with Gasteiger partial charge in [0.25, 0.3) is 5.91 Å². The highest BCUT2D eigenvalue weighted by molar-refractivity contribution is 9.10. The van der Waals surface area contributed by atoms with Gasteiger partial charge in [0.2, 0.25) is 0 Å². The predicted octanol–water partition coefficient (Wildman–Crippen LogP) is 2.25. The molecule has 0 bridgehead atoms. The molecule has 0 aliphatic carbocycles. The predicted molar refractivity (Wildman–Crippen MR) is 86.8 cm³/mol. The van der Waals surface area contributed by atoms with Gasteiger partial charge >= 0.3 is 0 Å². The third kappa shape index (κ3) is 5.55. The van der Waals surface area contributed by atoms with Crippen LogP contribution in [0.15, 0.2) is 16.6 Å². The van der Waals surface area contributed by atoms with Crippen molar-refractivity contribution in [3.8, 4) is 11.5 Å². The van der Waals surface area contributed by atoms with E-state index in [0.717, 1.165) is 22.9 Å². The summed E-state index contributed by atoms with van der Waals surface area (Å²) in [6.07, 6.45) is 1.68. The number of ether oxygens (including phenoxy) is 2. The second kappa shape index (κ2) is 8.89. The van der Waals surface area contributed by atoms with Crippen LogP contribution in [0, 0.1) is 0 Å². The zero-order chi connectivity index (χ0) is 15.8. The van der Waals surface area contributed by atoms with E-state index < -0.39 is 0 Å². The van der Waals surface area contributed by atoms with Crippen molar-refractivity contribution in [1.82, 2.24) is 5.32 Å². The molecular formula is C15H23BrN2O3. The molecule has 0 saturated heterocycles. The number of likely N-dealkylation sites (N-methyl/N-ethyl adjacent to an activating group) is 1. The highest BCUT2D eigenvalue weighted by Crippen LogP contribution is 2.37. The zero-order valence-corrected chi connectivity index (χ0v) is 14.3. The minimum atomic E-state index is -0.163. The van der Waals surface area contributed by atoms with Crippen LogP contribution >= 0.6 is 15.9 Å². The van der Waals surface area contributed by atoms with E-state index in [1.54, 1.807) is 7.11 Å². The van der Waals surface area contributed by atoms with Crippen molar-refractivity contribution in [2.24, 2.45) is 5.73 Å². The SMILES string of the molecule is CCNC(=O)COc1c(Br)cc(CC(N)CC)cc1OC. The summed E-state index contributed by atoms with van der Waals surface area (Å²) in [5, 5.41) is 2.68. The Balaban J connectivity index is 2.86. The molecular weight excluding hydrogens is 336 g/mol. The number of amides is 1. The van der Waals surface area contributed by atoms with Crippen LogP contribution < -0.4 is 20.5 Å². The monoisotopic (exact) mass is 358 g/mol. The molecule has 1 rings (SSSR count). The topological polar surface area (TPSA) is 73.6 Å². The Morgan fingerprint density at radius 3 is 2.71 bits per heavy atom. The van der Waals surface area contributed by atoms with E-state index in [9.17, 15) is 4.79 Å². The lowest BCUT2D eigenvalue weighted by atomic mass is 10.0. The van der Waals surface area contributed by atoms with Gasteiger partial charge < -0.3 is 20.5 Å². The van der Waals surface area contributed by atoms with Crippen LogP contribution in [0.3, 0.4) is 0 Å². The molecule has 0 aliphatic rings. The lowest BCUT2D eigenvalue weighted by molar-refractivity contribution is -0.123. The van der Waals surface area contributed by atoms with Gasteiger partial charge in [-0.1, -0.05) is 6.92 Å². The Hall–Kier alpha value is -1.27. The molecule has 21 heavy (non-hydrogen) atoms. The summed E-state index contributed by atoms with van der Waals surface area (Å²) in [6.45, 7) is 4.45. The van der Waals surface area contributed by atoms with Gasteiger partial charge in [0.05, 0.1) is 11.6 Å². The molecule has 5 nitrogen and oxygen atoms in total.